The number of rotatable bonds is 2. The van der Waals surface area contributed by atoms with Gasteiger partial charge >= 0.3 is 0 Å². The molecule has 7 heteroatoms. The third kappa shape index (κ3) is 1.39. The van der Waals surface area contributed by atoms with Crippen molar-refractivity contribution >= 4 is 17.0 Å². The number of hydrogen-bond acceptors (Lipinski definition) is 6. The van der Waals surface area contributed by atoms with Gasteiger partial charge in [0.2, 0.25) is 0 Å². The van der Waals surface area contributed by atoms with Crippen LogP contribution in [0.15, 0.2) is 12.7 Å². The number of nitrogens with two attached hydrogens (primary N) is 1. The highest BCUT2D eigenvalue weighted by molar-refractivity contribution is 5.81. The topological polar surface area (TPSA) is 110 Å². The molecule has 2 heterocycles. The second-order valence-electron chi connectivity index (χ2n) is 4.30. The first-order chi connectivity index (χ1) is 8.22. The number of imidazole rings is 1. The van der Waals surface area contributed by atoms with Crippen LogP contribution in [0.3, 0.4) is 0 Å². The van der Waals surface area contributed by atoms with Crippen molar-refractivity contribution in [3.63, 3.8) is 0 Å². The summed E-state index contributed by atoms with van der Waals surface area (Å²) in [6.45, 7) is -0.0495. The Morgan fingerprint density at radius 2 is 2.24 bits per heavy atom. The van der Waals surface area contributed by atoms with E-state index in [4.69, 9.17) is 5.73 Å². The molecule has 0 bridgehead atoms. The summed E-state index contributed by atoms with van der Waals surface area (Å²) in [6.07, 6.45) is 3.16. The molecule has 0 amide bonds. The summed E-state index contributed by atoms with van der Waals surface area (Å²) in [5.41, 5.74) is 6.90. The molecule has 2 aromatic rings. The molecule has 17 heavy (non-hydrogen) atoms. The van der Waals surface area contributed by atoms with Gasteiger partial charge in [-0.3, -0.25) is 0 Å². The molecule has 0 aromatic carbocycles. The van der Waals surface area contributed by atoms with Crippen molar-refractivity contribution in [2.45, 2.75) is 18.6 Å². The maximum Gasteiger partial charge on any atom is 0.165 e. The number of aliphatic hydroxyl groups excluding tert-OH is 2. The van der Waals surface area contributed by atoms with Crippen LogP contribution in [0.25, 0.3) is 11.2 Å². The van der Waals surface area contributed by atoms with E-state index in [0.29, 0.717) is 23.4 Å². The standard InChI is InChI=1S/C10H13N5O2/c11-9-8-10(13-3-12-9)15(4-14-8)6-1-7(17)5(6)2-16/h3-7,16-17H,1-2H2,(H2,11,12,13)/t5-,6+,7-/m0/s1. The van der Waals surface area contributed by atoms with Crippen LogP contribution >= 0.6 is 0 Å². The van der Waals surface area contributed by atoms with E-state index >= 15 is 0 Å². The van der Waals surface area contributed by atoms with Crippen molar-refractivity contribution in [3.8, 4) is 0 Å². The molecule has 7 nitrogen and oxygen atoms in total. The van der Waals surface area contributed by atoms with E-state index in [1.54, 1.807) is 6.33 Å². The fourth-order valence-corrected chi connectivity index (χ4v) is 2.33. The predicted octanol–water partition coefficient (Wildman–Crippen LogP) is -0.677. The number of anilines is 1. The van der Waals surface area contributed by atoms with E-state index in [1.165, 1.54) is 6.33 Å². The SMILES string of the molecule is Nc1ncnc2c1ncn2[C@@H]1C[C@H](O)[C@H]1CO. The van der Waals surface area contributed by atoms with Gasteiger partial charge < -0.3 is 20.5 Å². The van der Waals surface area contributed by atoms with Crippen molar-refractivity contribution in [3.05, 3.63) is 12.7 Å². The van der Waals surface area contributed by atoms with Gasteiger partial charge in [-0.15, -0.1) is 0 Å². The van der Waals surface area contributed by atoms with Crippen molar-refractivity contribution in [1.82, 2.24) is 19.5 Å². The van der Waals surface area contributed by atoms with Crippen LogP contribution in [0.1, 0.15) is 12.5 Å². The third-order valence-corrected chi connectivity index (χ3v) is 3.43. The Morgan fingerprint density at radius 1 is 1.41 bits per heavy atom. The fraction of sp³-hybridized carbons (Fsp3) is 0.500. The predicted molar refractivity (Wildman–Crippen MR) is 60.0 cm³/mol. The number of nitrogen functional groups attached to an aromatic ring is 1. The molecule has 1 fully saturated rings. The summed E-state index contributed by atoms with van der Waals surface area (Å²) in [4.78, 5) is 12.2. The molecule has 0 saturated heterocycles. The van der Waals surface area contributed by atoms with Crippen LogP contribution in [-0.4, -0.2) is 42.4 Å². The lowest BCUT2D eigenvalue weighted by atomic mass is 9.77. The molecule has 0 radical (unpaired) electrons. The van der Waals surface area contributed by atoms with Crippen molar-refractivity contribution < 1.29 is 10.2 Å². The normalized spacial score (nSPS) is 28.2. The van der Waals surface area contributed by atoms with Crippen molar-refractivity contribution in [1.29, 1.82) is 0 Å². The number of aromatic nitrogens is 4. The Kier molecular flexibility index (Phi) is 2.23. The van der Waals surface area contributed by atoms with Crippen LogP contribution in [0.4, 0.5) is 5.82 Å². The molecule has 90 valence electrons. The first kappa shape index (κ1) is 10.4. The smallest absolute Gasteiger partial charge is 0.165 e. The summed E-state index contributed by atoms with van der Waals surface area (Å²) in [5.74, 6) is 0.178. The number of nitrogens with zero attached hydrogens (tertiary/aromatic N) is 4. The van der Waals surface area contributed by atoms with Crippen LogP contribution in [0.5, 0.6) is 0 Å². The Hall–Kier alpha value is -1.73. The van der Waals surface area contributed by atoms with Gasteiger partial charge in [-0.2, -0.15) is 0 Å². The van der Waals surface area contributed by atoms with Crippen LogP contribution in [0, 0.1) is 5.92 Å². The molecule has 0 spiro atoms. The Labute approximate surface area is 96.9 Å². The number of fused-ring (bicyclic) bond motifs is 1. The zero-order chi connectivity index (χ0) is 12.0. The first-order valence-corrected chi connectivity index (χ1v) is 5.44. The van der Waals surface area contributed by atoms with Gasteiger partial charge in [0.15, 0.2) is 11.5 Å². The zero-order valence-electron chi connectivity index (χ0n) is 9.06. The quantitative estimate of drug-likeness (QED) is 0.636. The van der Waals surface area contributed by atoms with E-state index in [9.17, 15) is 10.2 Å². The van der Waals surface area contributed by atoms with Crippen LogP contribution in [-0.2, 0) is 0 Å². The van der Waals surface area contributed by atoms with Gasteiger partial charge in [0, 0.05) is 12.0 Å². The second kappa shape index (κ2) is 3.64. The first-order valence-electron chi connectivity index (χ1n) is 5.44. The molecule has 0 unspecified atom stereocenters. The minimum absolute atomic E-state index is 0.0225. The Morgan fingerprint density at radius 3 is 2.94 bits per heavy atom. The highest BCUT2D eigenvalue weighted by atomic mass is 16.3. The summed E-state index contributed by atoms with van der Waals surface area (Å²) in [6, 6.07) is 0.0225. The van der Waals surface area contributed by atoms with E-state index in [2.05, 4.69) is 15.0 Å². The summed E-state index contributed by atoms with van der Waals surface area (Å²) >= 11 is 0. The summed E-state index contributed by atoms with van der Waals surface area (Å²) in [7, 11) is 0. The van der Waals surface area contributed by atoms with Gasteiger partial charge in [0.05, 0.1) is 19.0 Å². The lowest BCUT2D eigenvalue weighted by molar-refractivity contribution is -0.0512. The second-order valence-corrected chi connectivity index (χ2v) is 4.30. The highest BCUT2D eigenvalue weighted by Gasteiger charge is 2.41. The zero-order valence-corrected chi connectivity index (χ0v) is 9.06. The minimum atomic E-state index is -0.457. The molecule has 2 aromatic heterocycles. The molecular formula is C10H13N5O2. The summed E-state index contributed by atoms with van der Waals surface area (Å²) < 4.78 is 1.85. The molecule has 1 saturated carbocycles. The monoisotopic (exact) mass is 235 g/mol. The van der Waals surface area contributed by atoms with E-state index < -0.39 is 6.10 Å². The van der Waals surface area contributed by atoms with E-state index in [1.807, 2.05) is 4.57 Å². The minimum Gasteiger partial charge on any atom is -0.396 e. The lowest BCUT2D eigenvalue weighted by Crippen LogP contribution is -2.44. The molecule has 0 aliphatic heterocycles. The van der Waals surface area contributed by atoms with E-state index in [0.717, 1.165) is 0 Å². The van der Waals surface area contributed by atoms with Crippen LogP contribution < -0.4 is 5.73 Å². The number of aliphatic hydroxyl groups is 2. The molecule has 3 atom stereocenters. The Bertz CT molecular complexity index is 555. The number of hydrogen-bond donors (Lipinski definition) is 3. The van der Waals surface area contributed by atoms with Gasteiger partial charge in [-0.25, -0.2) is 15.0 Å². The molecule has 4 N–H and O–H groups in total. The highest BCUT2D eigenvalue weighted by Crippen LogP contribution is 2.39. The maximum atomic E-state index is 9.55. The van der Waals surface area contributed by atoms with Gasteiger partial charge in [0.1, 0.15) is 11.8 Å². The molecule has 1 aliphatic rings. The van der Waals surface area contributed by atoms with Gasteiger partial charge in [0.25, 0.3) is 0 Å². The van der Waals surface area contributed by atoms with Gasteiger partial charge in [-0.1, -0.05) is 0 Å². The Balaban J connectivity index is 2.04. The summed E-state index contributed by atoms with van der Waals surface area (Å²) in [5, 5.41) is 18.8. The third-order valence-electron chi connectivity index (χ3n) is 3.43. The van der Waals surface area contributed by atoms with E-state index in [-0.39, 0.29) is 18.6 Å². The molecule has 1 aliphatic carbocycles. The van der Waals surface area contributed by atoms with Gasteiger partial charge in [-0.05, 0) is 6.42 Å². The van der Waals surface area contributed by atoms with Crippen LogP contribution in [0.2, 0.25) is 0 Å². The average molecular weight is 235 g/mol. The largest absolute Gasteiger partial charge is 0.396 e. The van der Waals surface area contributed by atoms with Crippen molar-refractivity contribution in [2.24, 2.45) is 5.92 Å². The molecular weight excluding hydrogens is 222 g/mol. The molecule has 3 rings (SSSR count). The lowest BCUT2D eigenvalue weighted by Gasteiger charge is -2.41. The average Bonchev–Trinajstić information content (AvgIpc) is 2.71. The fourth-order valence-electron chi connectivity index (χ4n) is 2.33. The maximum absolute atomic E-state index is 9.55. The van der Waals surface area contributed by atoms with Crippen molar-refractivity contribution in [2.75, 3.05) is 12.3 Å².